The summed E-state index contributed by atoms with van der Waals surface area (Å²) in [7, 11) is 1.87. The first-order chi connectivity index (χ1) is 5.16. The van der Waals surface area contributed by atoms with Crippen LogP contribution in [0.4, 0.5) is 0 Å². The van der Waals surface area contributed by atoms with Crippen molar-refractivity contribution in [2.45, 2.75) is 20.0 Å². The summed E-state index contributed by atoms with van der Waals surface area (Å²) >= 11 is 0. The van der Waals surface area contributed by atoms with Crippen LogP contribution in [0.2, 0.25) is 0 Å². The van der Waals surface area contributed by atoms with Gasteiger partial charge in [-0.25, -0.2) is 5.90 Å². The van der Waals surface area contributed by atoms with E-state index in [4.69, 9.17) is 10.7 Å². The van der Waals surface area contributed by atoms with E-state index in [-0.39, 0.29) is 6.10 Å². The second kappa shape index (κ2) is 3.02. The fraction of sp³-hybridized carbons (Fsp3) is 0.571. The predicted octanol–water partition coefficient (Wildman–Crippen LogP) is 0.680. The van der Waals surface area contributed by atoms with Crippen LogP contribution in [0.3, 0.4) is 0 Å². The third kappa shape index (κ3) is 1.41. The lowest BCUT2D eigenvalue weighted by Gasteiger charge is -2.09. The summed E-state index contributed by atoms with van der Waals surface area (Å²) in [5.41, 5.74) is 2.12. The number of hydrogen-bond donors (Lipinski definition) is 1. The highest BCUT2D eigenvalue weighted by Gasteiger charge is 2.11. The van der Waals surface area contributed by atoms with Gasteiger partial charge in [0.1, 0.15) is 6.10 Å². The maximum Gasteiger partial charge on any atom is 0.118 e. The van der Waals surface area contributed by atoms with Crippen molar-refractivity contribution in [3.05, 3.63) is 17.5 Å². The summed E-state index contributed by atoms with van der Waals surface area (Å²) in [5.74, 6) is 5.06. The Hall–Kier alpha value is -0.870. The Morgan fingerprint density at radius 2 is 2.36 bits per heavy atom. The Labute approximate surface area is 65.9 Å². The molecule has 1 atom stereocenters. The highest BCUT2D eigenvalue weighted by atomic mass is 16.6. The van der Waals surface area contributed by atoms with Crippen molar-refractivity contribution in [1.82, 2.24) is 9.78 Å². The van der Waals surface area contributed by atoms with Crippen LogP contribution in [0.1, 0.15) is 24.3 Å². The first-order valence-electron chi connectivity index (χ1n) is 3.51. The van der Waals surface area contributed by atoms with Crippen LogP contribution in [0.15, 0.2) is 6.20 Å². The van der Waals surface area contributed by atoms with Crippen LogP contribution < -0.4 is 5.90 Å². The Kier molecular flexibility index (Phi) is 2.26. The van der Waals surface area contributed by atoms with E-state index in [2.05, 4.69) is 5.10 Å². The third-order valence-corrected chi connectivity index (χ3v) is 1.77. The molecule has 4 nitrogen and oxygen atoms in total. The molecule has 0 radical (unpaired) electrons. The minimum Gasteiger partial charge on any atom is -0.295 e. The van der Waals surface area contributed by atoms with Gasteiger partial charge in [-0.2, -0.15) is 5.10 Å². The molecular weight excluding hydrogens is 142 g/mol. The number of hydrogen-bond acceptors (Lipinski definition) is 3. The monoisotopic (exact) mass is 155 g/mol. The molecule has 4 heteroatoms. The van der Waals surface area contributed by atoms with Gasteiger partial charge < -0.3 is 0 Å². The van der Waals surface area contributed by atoms with Crippen molar-refractivity contribution in [2.75, 3.05) is 0 Å². The minimum absolute atomic E-state index is 0.0949. The molecule has 0 aliphatic heterocycles. The van der Waals surface area contributed by atoms with Gasteiger partial charge in [-0.15, -0.1) is 0 Å². The van der Waals surface area contributed by atoms with Crippen LogP contribution >= 0.6 is 0 Å². The zero-order valence-electron chi connectivity index (χ0n) is 7.03. The maximum absolute atomic E-state index is 5.06. The van der Waals surface area contributed by atoms with Gasteiger partial charge in [0.25, 0.3) is 0 Å². The number of aromatic nitrogens is 2. The fourth-order valence-corrected chi connectivity index (χ4v) is 1.20. The molecule has 1 aromatic heterocycles. The Morgan fingerprint density at radius 3 is 2.73 bits per heavy atom. The van der Waals surface area contributed by atoms with E-state index in [1.54, 1.807) is 10.9 Å². The van der Waals surface area contributed by atoms with Crippen LogP contribution in [-0.2, 0) is 11.9 Å². The maximum atomic E-state index is 5.06. The average Bonchev–Trinajstić information content (AvgIpc) is 2.30. The van der Waals surface area contributed by atoms with E-state index < -0.39 is 0 Å². The lowest BCUT2D eigenvalue weighted by Crippen LogP contribution is -2.11. The molecule has 2 N–H and O–H groups in total. The highest BCUT2D eigenvalue weighted by molar-refractivity contribution is 5.17. The van der Waals surface area contributed by atoms with Crippen molar-refractivity contribution in [1.29, 1.82) is 0 Å². The number of aryl methyl sites for hydroxylation is 2. The fourth-order valence-electron chi connectivity index (χ4n) is 1.20. The summed E-state index contributed by atoms with van der Waals surface area (Å²) in [4.78, 5) is 4.70. The van der Waals surface area contributed by atoms with E-state index in [9.17, 15) is 0 Å². The van der Waals surface area contributed by atoms with Crippen molar-refractivity contribution in [2.24, 2.45) is 12.9 Å². The first kappa shape index (κ1) is 8.23. The van der Waals surface area contributed by atoms with Crippen LogP contribution in [0, 0.1) is 6.92 Å². The van der Waals surface area contributed by atoms with Crippen LogP contribution in [-0.4, -0.2) is 9.78 Å². The number of rotatable bonds is 2. The molecule has 1 aromatic rings. The first-order valence-corrected chi connectivity index (χ1v) is 3.51. The standard InChI is InChI=1S/C7H13N3O/c1-5-4-9-10(3)7(5)6(2)11-8/h4,6H,8H2,1-3H3. The second-order valence-electron chi connectivity index (χ2n) is 2.61. The molecular formula is C7H13N3O. The zero-order valence-corrected chi connectivity index (χ0v) is 7.03. The Bertz CT molecular complexity index is 224. The molecule has 62 valence electrons. The molecule has 0 aliphatic carbocycles. The minimum atomic E-state index is -0.0949. The number of nitrogens with zero attached hydrogens (tertiary/aromatic N) is 2. The summed E-state index contributed by atoms with van der Waals surface area (Å²) in [5, 5.41) is 4.07. The predicted molar refractivity (Wildman–Crippen MR) is 41.6 cm³/mol. The molecule has 0 spiro atoms. The van der Waals surface area contributed by atoms with E-state index in [0.717, 1.165) is 11.3 Å². The molecule has 0 bridgehead atoms. The molecule has 0 saturated heterocycles. The van der Waals surface area contributed by atoms with Crippen molar-refractivity contribution in [3.8, 4) is 0 Å². The van der Waals surface area contributed by atoms with Crippen molar-refractivity contribution < 1.29 is 4.84 Å². The third-order valence-electron chi connectivity index (χ3n) is 1.77. The molecule has 0 amide bonds. The summed E-state index contributed by atoms with van der Waals surface area (Å²) in [6, 6.07) is 0. The highest BCUT2D eigenvalue weighted by Crippen LogP contribution is 2.17. The molecule has 1 unspecified atom stereocenters. The van der Waals surface area contributed by atoms with Gasteiger partial charge in [-0.05, 0) is 19.4 Å². The van der Waals surface area contributed by atoms with Gasteiger partial charge >= 0.3 is 0 Å². The molecule has 0 fully saturated rings. The van der Waals surface area contributed by atoms with Gasteiger partial charge in [0.2, 0.25) is 0 Å². The largest absolute Gasteiger partial charge is 0.295 e. The summed E-state index contributed by atoms with van der Waals surface area (Å²) in [6.45, 7) is 3.88. The van der Waals surface area contributed by atoms with E-state index in [1.807, 2.05) is 20.9 Å². The van der Waals surface area contributed by atoms with E-state index in [1.165, 1.54) is 0 Å². The molecule has 0 aliphatic rings. The van der Waals surface area contributed by atoms with Gasteiger partial charge in [-0.1, -0.05) is 0 Å². The zero-order chi connectivity index (χ0) is 8.43. The normalized spacial score (nSPS) is 13.5. The molecule has 1 rings (SSSR count). The Morgan fingerprint density at radius 1 is 1.73 bits per heavy atom. The lowest BCUT2D eigenvalue weighted by atomic mass is 10.2. The van der Waals surface area contributed by atoms with Gasteiger partial charge in [0, 0.05) is 7.05 Å². The quantitative estimate of drug-likeness (QED) is 0.639. The topological polar surface area (TPSA) is 53.1 Å². The van der Waals surface area contributed by atoms with Crippen molar-refractivity contribution in [3.63, 3.8) is 0 Å². The van der Waals surface area contributed by atoms with Crippen LogP contribution in [0.25, 0.3) is 0 Å². The van der Waals surface area contributed by atoms with Crippen LogP contribution in [0.5, 0.6) is 0 Å². The Balaban J connectivity index is 3.00. The summed E-state index contributed by atoms with van der Waals surface area (Å²) < 4.78 is 1.77. The van der Waals surface area contributed by atoms with E-state index >= 15 is 0 Å². The SMILES string of the molecule is Cc1cnn(C)c1C(C)ON. The smallest absolute Gasteiger partial charge is 0.118 e. The van der Waals surface area contributed by atoms with Gasteiger partial charge in [-0.3, -0.25) is 9.52 Å². The average molecular weight is 155 g/mol. The lowest BCUT2D eigenvalue weighted by molar-refractivity contribution is 0.0603. The van der Waals surface area contributed by atoms with E-state index in [0.29, 0.717) is 0 Å². The molecule has 1 heterocycles. The summed E-state index contributed by atoms with van der Waals surface area (Å²) in [6.07, 6.45) is 1.70. The molecule has 0 aromatic carbocycles. The van der Waals surface area contributed by atoms with Gasteiger partial charge in [0.05, 0.1) is 11.9 Å². The number of nitrogens with two attached hydrogens (primary N) is 1. The second-order valence-corrected chi connectivity index (χ2v) is 2.61. The van der Waals surface area contributed by atoms with Gasteiger partial charge in [0.15, 0.2) is 0 Å². The van der Waals surface area contributed by atoms with Crippen molar-refractivity contribution >= 4 is 0 Å². The molecule has 0 saturated carbocycles. The molecule has 11 heavy (non-hydrogen) atoms.